The number of nitrogens with one attached hydrogen (secondary N) is 1. The fourth-order valence-electron chi connectivity index (χ4n) is 2.56. The highest BCUT2D eigenvalue weighted by Crippen LogP contribution is 2.33. The normalized spacial score (nSPS) is 10.4. The average Bonchev–Trinajstić information content (AvgIpc) is 2.55. The van der Waals surface area contributed by atoms with E-state index in [2.05, 4.69) is 10.9 Å². The van der Waals surface area contributed by atoms with Crippen molar-refractivity contribution in [2.24, 2.45) is 0 Å². The number of nitrogens with zero attached hydrogens (tertiary/aromatic N) is 1. The Bertz CT molecular complexity index is 1030. The van der Waals surface area contributed by atoms with Crippen molar-refractivity contribution in [3.63, 3.8) is 0 Å². The molecule has 1 aromatic heterocycles. The van der Waals surface area contributed by atoms with Gasteiger partial charge in [-0.1, -0.05) is 29.7 Å². The maximum atomic E-state index is 12.3. The summed E-state index contributed by atoms with van der Waals surface area (Å²) in [4.78, 5) is 26.1. The Labute approximate surface area is 131 Å². The molecule has 0 unspecified atom stereocenters. The molecule has 0 amide bonds. The average molecular weight is 304 g/mol. The van der Waals surface area contributed by atoms with Gasteiger partial charge in [-0.2, -0.15) is 0 Å². The fraction of sp³-hybridized carbons (Fsp3) is 0.0556. The third-order valence-corrected chi connectivity index (χ3v) is 3.67. The molecule has 0 fully saturated rings. The lowest BCUT2D eigenvalue weighted by molar-refractivity contribution is -0.382. The van der Waals surface area contributed by atoms with Crippen LogP contribution in [0.3, 0.4) is 0 Å². The van der Waals surface area contributed by atoms with Gasteiger partial charge in [-0.15, -0.1) is 6.42 Å². The second kappa shape index (κ2) is 5.43. The van der Waals surface area contributed by atoms with Crippen molar-refractivity contribution in [2.75, 3.05) is 0 Å². The van der Waals surface area contributed by atoms with E-state index in [1.165, 1.54) is 0 Å². The lowest BCUT2D eigenvalue weighted by Crippen LogP contribution is -2.10. The van der Waals surface area contributed by atoms with E-state index in [0.29, 0.717) is 21.9 Å². The van der Waals surface area contributed by atoms with E-state index < -0.39 is 4.92 Å². The van der Waals surface area contributed by atoms with E-state index >= 15 is 0 Å². The quantitative estimate of drug-likeness (QED) is 0.448. The van der Waals surface area contributed by atoms with Crippen LogP contribution in [0.25, 0.3) is 22.0 Å². The number of aryl methyl sites for hydroxylation is 1. The van der Waals surface area contributed by atoms with E-state index in [0.717, 1.165) is 5.56 Å². The number of benzene rings is 2. The first-order chi connectivity index (χ1) is 11.0. The highest BCUT2D eigenvalue weighted by Gasteiger charge is 2.22. The van der Waals surface area contributed by atoms with Gasteiger partial charge in [0.1, 0.15) is 5.69 Å². The van der Waals surface area contributed by atoms with Crippen LogP contribution in [0.2, 0.25) is 0 Å². The van der Waals surface area contributed by atoms with Crippen LogP contribution in [-0.2, 0) is 0 Å². The molecule has 0 saturated carbocycles. The zero-order valence-corrected chi connectivity index (χ0v) is 12.3. The van der Waals surface area contributed by atoms with Gasteiger partial charge in [0.15, 0.2) is 0 Å². The van der Waals surface area contributed by atoms with Gasteiger partial charge in [-0.3, -0.25) is 14.9 Å². The topological polar surface area (TPSA) is 76.0 Å². The van der Waals surface area contributed by atoms with Gasteiger partial charge in [-0.25, -0.2) is 0 Å². The lowest BCUT2D eigenvalue weighted by Gasteiger charge is -2.07. The van der Waals surface area contributed by atoms with E-state index in [1.54, 1.807) is 42.5 Å². The molecule has 5 heteroatoms. The van der Waals surface area contributed by atoms with Crippen LogP contribution in [0.4, 0.5) is 5.69 Å². The van der Waals surface area contributed by atoms with Crippen LogP contribution in [0.15, 0.2) is 47.3 Å². The second-order valence-electron chi connectivity index (χ2n) is 5.21. The van der Waals surface area contributed by atoms with Crippen LogP contribution in [0, 0.1) is 29.4 Å². The minimum atomic E-state index is -0.474. The van der Waals surface area contributed by atoms with Crippen LogP contribution < -0.4 is 5.56 Å². The van der Waals surface area contributed by atoms with Gasteiger partial charge >= 0.3 is 5.69 Å². The molecule has 1 N–H and O–H groups in total. The SMILES string of the molecule is C#Cc1ccc(-c2[nH]c(=O)c3cc(C)ccc3c2[N+](=O)[O-])cc1. The maximum Gasteiger partial charge on any atom is 0.301 e. The molecule has 3 rings (SSSR count). The number of H-pyrrole nitrogens is 1. The molecule has 0 aliphatic rings. The Kier molecular flexibility index (Phi) is 3.43. The van der Waals surface area contributed by atoms with Crippen molar-refractivity contribution in [1.82, 2.24) is 4.98 Å². The number of hydrogen-bond donors (Lipinski definition) is 1. The molecule has 23 heavy (non-hydrogen) atoms. The first kappa shape index (κ1) is 14.5. The molecule has 0 atom stereocenters. The standard InChI is InChI=1S/C18H12N2O3/c1-3-12-5-7-13(8-6-12)16-17(20(22)23)14-9-4-11(2)10-15(14)18(21)19-16/h1,4-10H,2H3,(H,19,21). The number of fused-ring (bicyclic) bond motifs is 1. The molecule has 5 nitrogen and oxygen atoms in total. The molecular formula is C18H12N2O3. The zero-order chi connectivity index (χ0) is 16.6. The summed E-state index contributed by atoms with van der Waals surface area (Å²) < 4.78 is 0. The van der Waals surface area contributed by atoms with Crippen LogP contribution in [0.5, 0.6) is 0 Å². The molecule has 112 valence electrons. The number of aromatic amines is 1. The molecule has 0 radical (unpaired) electrons. The molecule has 3 aromatic rings. The summed E-state index contributed by atoms with van der Waals surface area (Å²) in [5.74, 6) is 2.48. The summed E-state index contributed by atoms with van der Waals surface area (Å²) in [6, 6.07) is 11.7. The Morgan fingerprint density at radius 3 is 2.43 bits per heavy atom. The summed E-state index contributed by atoms with van der Waals surface area (Å²) in [5.41, 5.74) is 1.77. The molecule has 2 aromatic carbocycles. The Hall–Kier alpha value is -3.39. The molecule has 0 saturated heterocycles. The summed E-state index contributed by atoms with van der Waals surface area (Å²) in [5, 5.41) is 12.2. The van der Waals surface area contributed by atoms with Gasteiger partial charge < -0.3 is 4.98 Å². The summed E-state index contributed by atoms with van der Waals surface area (Å²) in [6.45, 7) is 1.83. The van der Waals surface area contributed by atoms with Gasteiger partial charge in [-0.05, 0) is 31.2 Å². The first-order valence-electron chi connectivity index (χ1n) is 6.89. The molecule has 0 aliphatic heterocycles. The smallest absolute Gasteiger partial charge is 0.301 e. The molecule has 1 heterocycles. The Morgan fingerprint density at radius 2 is 1.83 bits per heavy atom. The van der Waals surface area contributed by atoms with Gasteiger partial charge in [0.05, 0.1) is 15.7 Å². The second-order valence-corrected chi connectivity index (χ2v) is 5.21. The van der Waals surface area contributed by atoms with Crippen molar-refractivity contribution in [2.45, 2.75) is 6.92 Å². The molecule has 0 aliphatic carbocycles. The van der Waals surface area contributed by atoms with E-state index in [9.17, 15) is 14.9 Å². The highest BCUT2D eigenvalue weighted by molar-refractivity contribution is 5.96. The minimum Gasteiger partial charge on any atom is -0.316 e. The van der Waals surface area contributed by atoms with Crippen molar-refractivity contribution in [3.05, 3.63) is 74.1 Å². The number of pyridine rings is 1. The lowest BCUT2D eigenvalue weighted by atomic mass is 10.0. The molecule has 0 spiro atoms. The zero-order valence-electron chi connectivity index (χ0n) is 12.3. The number of aromatic nitrogens is 1. The summed E-state index contributed by atoms with van der Waals surface area (Å²) in [7, 11) is 0. The maximum absolute atomic E-state index is 12.3. The monoisotopic (exact) mass is 304 g/mol. The van der Waals surface area contributed by atoms with Gasteiger partial charge in [0.25, 0.3) is 5.56 Å². The van der Waals surface area contributed by atoms with Crippen LogP contribution in [0.1, 0.15) is 11.1 Å². The summed E-state index contributed by atoms with van der Waals surface area (Å²) in [6.07, 6.45) is 5.31. The van der Waals surface area contributed by atoms with E-state index in [1.807, 2.05) is 6.92 Å². The van der Waals surface area contributed by atoms with Crippen LogP contribution >= 0.6 is 0 Å². The predicted octanol–water partition coefficient (Wildman–Crippen LogP) is 3.39. The fourth-order valence-corrected chi connectivity index (χ4v) is 2.56. The van der Waals surface area contributed by atoms with Crippen molar-refractivity contribution >= 4 is 16.5 Å². The number of terminal acetylenes is 1. The first-order valence-corrected chi connectivity index (χ1v) is 6.89. The van der Waals surface area contributed by atoms with Crippen molar-refractivity contribution in [1.29, 1.82) is 0 Å². The molecular weight excluding hydrogens is 292 g/mol. The molecule has 0 bridgehead atoms. The van der Waals surface area contributed by atoms with Crippen molar-refractivity contribution < 1.29 is 4.92 Å². The predicted molar refractivity (Wildman–Crippen MR) is 89.3 cm³/mol. The highest BCUT2D eigenvalue weighted by atomic mass is 16.6. The van der Waals surface area contributed by atoms with Crippen molar-refractivity contribution in [3.8, 4) is 23.6 Å². The van der Waals surface area contributed by atoms with E-state index in [4.69, 9.17) is 6.42 Å². The minimum absolute atomic E-state index is 0.118. The van der Waals surface area contributed by atoms with Crippen LogP contribution in [-0.4, -0.2) is 9.91 Å². The largest absolute Gasteiger partial charge is 0.316 e. The summed E-state index contributed by atoms with van der Waals surface area (Å²) >= 11 is 0. The Balaban J connectivity index is 2.38. The van der Waals surface area contributed by atoms with Gasteiger partial charge in [0, 0.05) is 11.1 Å². The third-order valence-electron chi connectivity index (χ3n) is 3.67. The number of nitro groups is 1. The number of rotatable bonds is 2. The number of hydrogen-bond acceptors (Lipinski definition) is 3. The van der Waals surface area contributed by atoms with E-state index in [-0.39, 0.29) is 16.9 Å². The van der Waals surface area contributed by atoms with Gasteiger partial charge in [0.2, 0.25) is 0 Å². The Morgan fingerprint density at radius 1 is 1.13 bits per heavy atom. The third kappa shape index (κ3) is 2.47.